The molecule has 3 aromatic rings. The summed E-state index contributed by atoms with van der Waals surface area (Å²) in [6.45, 7) is 4.67. The Morgan fingerprint density at radius 3 is 3.19 bits per heavy atom. The SMILES string of the molecule is CC(=O)NCc1cc(OC2CCN(Cc3cnn4ccccc34)C2)ccn1. The van der Waals surface area contributed by atoms with Gasteiger partial charge in [-0.2, -0.15) is 5.10 Å². The van der Waals surface area contributed by atoms with Crippen LogP contribution in [0.15, 0.2) is 48.9 Å². The van der Waals surface area contributed by atoms with Gasteiger partial charge in [0.15, 0.2) is 0 Å². The molecule has 140 valence electrons. The smallest absolute Gasteiger partial charge is 0.217 e. The van der Waals surface area contributed by atoms with Crippen LogP contribution in [0.25, 0.3) is 5.52 Å². The van der Waals surface area contributed by atoms with Gasteiger partial charge in [0.25, 0.3) is 0 Å². The maximum atomic E-state index is 11.0. The standard InChI is InChI=1S/C20H23N5O2/c1-15(26)22-12-17-10-18(5-7-21-17)27-19-6-9-24(14-19)13-16-11-23-25-8-3-2-4-20(16)25/h2-5,7-8,10-11,19H,6,9,12-14H2,1H3,(H,22,26). The van der Waals surface area contributed by atoms with E-state index in [9.17, 15) is 4.79 Å². The third-order valence-corrected chi connectivity index (χ3v) is 4.74. The molecule has 4 heterocycles. The number of carbonyl (C=O) groups is 1. The van der Waals surface area contributed by atoms with Crippen LogP contribution in [-0.2, 0) is 17.9 Å². The number of pyridine rings is 2. The molecule has 1 atom stereocenters. The minimum atomic E-state index is -0.0674. The minimum absolute atomic E-state index is 0.0674. The van der Waals surface area contributed by atoms with Crippen molar-refractivity contribution in [2.24, 2.45) is 0 Å². The normalized spacial score (nSPS) is 17.3. The maximum Gasteiger partial charge on any atom is 0.217 e. The number of likely N-dealkylation sites (tertiary alicyclic amines) is 1. The molecule has 27 heavy (non-hydrogen) atoms. The van der Waals surface area contributed by atoms with Gasteiger partial charge in [-0.25, -0.2) is 4.52 Å². The van der Waals surface area contributed by atoms with Gasteiger partial charge in [-0.1, -0.05) is 6.07 Å². The van der Waals surface area contributed by atoms with Crippen molar-refractivity contribution in [3.63, 3.8) is 0 Å². The first kappa shape index (κ1) is 17.5. The van der Waals surface area contributed by atoms with Gasteiger partial charge in [-0.15, -0.1) is 0 Å². The molecule has 0 aromatic carbocycles. The van der Waals surface area contributed by atoms with E-state index in [4.69, 9.17) is 4.74 Å². The van der Waals surface area contributed by atoms with Crippen molar-refractivity contribution < 1.29 is 9.53 Å². The first-order valence-corrected chi connectivity index (χ1v) is 9.17. The summed E-state index contributed by atoms with van der Waals surface area (Å²) in [7, 11) is 0. The number of aromatic nitrogens is 3. The fourth-order valence-electron chi connectivity index (χ4n) is 3.42. The number of rotatable bonds is 6. The van der Waals surface area contributed by atoms with E-state index in [-0.39, 0.29) is 12.0 Å². The summed E-state index contributed by atoms with van der Waals surface area (Å²) in [5, 5.41) is 7.16. The average Bonchev–Trinajstić information content (AvgIpc) is 3.28. The van der Waals surface area contributed by atoms with Crippen LogP contribution >= 0.6 is 0 Å². The topological polar surface area (TPSA) is 71.8 Å². The molecule has 0 radical (unpaired) electrons. The lowest BCUT2D eigenvalue weighted by Gasteiger charge is -2.17. The molecular formula is C20H23N5O2. The highest BCUT2D eigenvalue weighted by atomic mass is 16.5. The third kappa shape index (κ3) is 4.25. The Hall–Kier alpha value is -2.93. The van der Waals surface area contributed by atoms with Gasteiger partial charge < -0.3 is 10.1 Å². The van der Waals surface area contributed by atoms with Gasteiger partial charge in [0.1, 0.15) is 11.9 Å². The second-order valence-corrected chi connectivity index (χ2v) is 6.86. The lowest BCUT2D eigenvalue weighted by Crippen LogP contribution is -2.24. The second-order valence-electron chi connectivity index (χ2n) is 6.86. The Kier molecular flexibility index (Phi) is 5.02. The Balaban J connectivity index is 1.34. The Bertz CT molecular complexity index is 939. The summed E-state index contributed by atoms with van der Waals surface area (Å²) in [6, 6.07) is 9.88. The number of nitrogens with one attached hydrogen (secondary N) is 1. The lowest BCUT2D eigenvalue weighted by molar-refractivity contribution is -0.119. The van der Waals surface area contributed by atoms with Crippen molar-refractivity contribution in [1.82, 2.24) is 24.8 Å². The van der Waals surface area contributed by atoms with Crippen molar-refractivity contribution in [3.8, 4) is 5.75 Å². The van der Waals surface area contributed by atoms with E-state index in [1.165, 1.54) is 12.5 Å². The summed E-state index contributed by atoms with van der Waals surface area (Å²) >= 11 is 0. The highest BCUT2D eigenvalue weighted by Gasteiger charge is 2.24. The van der Waals surface area contributed by atoms with Gasteiger partial charge in [0, 0.05) is 50.6 Å². The van der Waals surface area contributed by atoms with Crippen LogP contribution in [0.2, 0.25) is 0 Å². The molecule has 1 unspecified atom stereocenters. The van der Waals surface area contributed by atoms with Crippen molar-refractivity contribution in [1.29, 1.82) is 0 Å². The van der Waals surface area contributed by atoms with E-state index in [1.807, 2.05) is 41.2 Å². The van der Waals surface area contributed by atoms with Crippen LogP contribution in [0.4, 0.5) is 0 Å². The van der Waals surface area contributed by atoms with Crippen molar-refractivity contribution >= 4 is 11.4 Å². The van der Waals surface area contributed by atoms with Gasteiger partial charge in [-0.05, 0) is 24.6 Å². The van der Waals surface area contributed by atoms with Crippen molar-refractivity contribution in [2.45, 2.75) is 32.5 Å². The zero-order chi connectivity index (χ0) is 18.6. The van der Waals surface area contributed by atoms with E-state index in [0.717, 1.165) is 43.0 Å². The zero-order valence-electron chi connectivity index (χ0n) is 15.3. The highest BCUT2D eigenvalue weighted by Crippen LogP contribution is 2.21. The summed E-state index contributed by atoms with van der Waals surface area (Å²) in [5.41, 5.74) is 3.18. The molecule has 3 aromatic heterocycles. The molecule has 4 rings (SSSR count). The van der Waals surface area contributed by atoms with Crippen LogP contribution < -0.4 is 10.1 Å². The molecule has 1 fully saturated rings. The number of hydrogen-bond donors (Lipinski definition) is 1. The van der Waals surface area contributed by atoms with Crippen LogP contribution in [0.5, 0.6) is 5.75 Å². The number of amides is 1. The van der Waals surface area contributed by atoms with Gasteiger partial charge >= 0.3 is 0 Å². The largest absolute Gasteiger partial charge is 0.489 e. The van der Waals surface area contributed by atoms with Gasteiger partial charge in [0.05, 0.1) is 24.0 Å². The quantitative estimate of drug-likeness (QED) is 0.724. The third-order valence-electron chi connectivity index (χ3n) is 4.74. The number of fused-ring (bicyclic) bond motifs is 1. The predicted molar refractivity (Wildman–Crippen MR) is 101 cm³/mol. The number of hydrogen-bond acceptors (Lipinski definition) is 5. The monoisotopic (exact) mass is 365 g/mol. The lowest BCUT2D eigenvalue weighted by atomic mass is 10.2. The van der Waals surface area contributed by atoms with E-state index in [0.29, 0.717) is 6.54 Å². The van der Waals surface area contributed by atoms with Crippen molar-refractivity contribution in [2.75, 3.05) is 13.1 Å². The molecule has 0 saturated carbocycles. The van der Waals surface area contributed by atoms with E-state index in [2.05, 4.69) is 26.4 Å². The predicted octanol–water partition coefficient (Wildman–Crippen LogP) is 2.02. The maximum absolute atomic E-state index is 11.0. The molecule has 1 aliphatic rings. The fraction of sp³-hybridized carbons (Fsp3) is 0.350. The second kappa shape index (κ2) is 7.75. The highest BCUT2D eigenvalue weighted by molar-refractivity contribution is 5.72. The molecule has 1 amide bonds. The molecular weight excluding hydrogens is 342 g/mol. The fourth-order valence-corrected chi connectivity index (χ4v) is 3.42. The number of nitrogens with zero attached hydrogens (tertiary/aromatic N) is 4. The molecule has 0 bridgehead atoms. The summed E-state index contributed by atoms with van der Waals surface area (Å²) < 4.78 is 8.05. The molecule has 0 aliphatic carbocycles. The molecule has 1 N–H and O–H groups in total. The Morgan fingerprint density at radius 2 is 2.30 bits per heavy atom. The summed E-state index contributed by atoms with van der Waals surface area (Å²) in [6.07, 6.45) is 6.78. The van der Waals surface area contributed by atoms with Crippen molar-refractivity contribution in [3.05, 3.63) is 60.2 Å². The Labute approximate surface area is 158 Å². The first-order valence-electron chi connectivity index (χ1n) is 9.17. The molecule has 1 aliphatic heterocycles. The molecule has 0 spiro atoms. The number of carbonyl (C=O) groups excluding carboxylic acids is 1. The molecule has 7 nitrogen and oxygen atoms in total. The molecule has 7 heteroatoms. The van der Waals surface area contributed by atoms with Gasteiger partial charge in [0.2, 0.25) is 5.91 Å². The van der Waals surface area contributed by atoms with E-state index < -0.39 is 0 Å². The number of ether oxygens (including phenoxy) is 1. The van der Waals surface area contributed by atoms with E-state index in [1.54, 1.807) is 6.20 Å². The minimum Gasteiger partial charge on any atom is -0.489 e. The van der Waals surface area contributed by atoms with Crippen LogP contribution in [0.3, 0.4) is 0 Å². The Morgan fingerprint density at radius 1 is 1.37 bits per heavy atom. The summed E-state index contributed by atoms with van der Waals surface area (Å²) in [5.74, 6) is 0.732. The first-order chi connectivity index (χ1) is 13.2. The van der Waals surface area contributed by atoms with Crippen LogP contribution in [0, 0.1) is 0 Å². The van der Waals surface area contributed by atoms with Gasteiger partial charge in [-0.3, -0.25) is 14.7 Å². The van der Waals surface area contributed by atoms with E-state index >= 15 is 0 Å². The average molecular weight is 365 g/mol. The molecule has 1 saturated heterocycles. The van der Waals surface area contributed by atoms with Crippen LogP contribution in [-0.4, -0.2) is 44.6 Å². The zero-order valence-corrected chi connectivity index (χ0v) is 15.3. The summed E-state index contributed by atoms with van der Waals surface area (Å²) in [4.78, 5) is 17.7. The van der Waals surface area contributed by atoms with Crippen LogP contribution in [0.1, 0.15) is 24.6 Å².